The molecule has 41 heavy (non-hydrogen) atoms. The van der Waals surface area contributed by atoms with Crippen molar-refractivity contribution in [2.45, 2.75) is 18.7 Å². The molecule has 2 aromatic carbocycles. The van der Waals surface area contributed by atoms with Gasteiger partial charge in [0.2, 0.25) is 0 Å². The topological polar surface area (TPSA) is 161 Å². The minimum atomic E-state index is -4.60. The SMILES string of the molecule is NC(=O)OC(c1ccc(C(F)(F)F)cc1)c1c(N)nc(-n2nc(Cc3ccccc3F)c3ncc(F)cc32)nc1N. The molecule has 0 bridgehead atoms. The second-order valence-corrected chi connectivity index (χ2v) is 8.79. The first-order valence-electron chi connectivity index (χ1n) is 11.8. The van der Waals surface area contributed by atoms with Crippen LogP contribution in [0, 0.1) is 11.6 Å². The summed E-state index contributed by atoms with van der Waals surface area (Å²) in [6.07, 6.45) is -6.36. The van der Waals surface area contributed by atoms with E-state index >= 15 is 0 Å². The maximum Gasteiger partial charge on any atom is 0.416 e. The lowest BCUT2D eigenvalue weighted by molar-refractivity contribution is -0.137. The number of carbonyl (C=O) groups excluding carboxylic acids is 1. The molecule has 0 aliphatic rings. The lowest BCUT2D eigenvalue weighted by Crippen LogP contribution is -2.22. The third-order valence-electron chi connectivity index (χ3n) is 6.09. The van der Waals surface area contributed by atoms with Crippen LogP contribution in [0.25, 0.3) is 17.0 Å². The smallest absolute Gasteiger partial charge is 0.416 e. The van der Waals surface area contributed by atoms with Crippen molar-refractivity contribution in [3.05, 3.63) is 100 Å². The van der Waals surface area contributed by atoms with Crippen LogP contribution in [-0.2, 0) is 17.3 Å². The molecule has 1 unspecified atom stereocenters. The fourth-order valence-corrected chi connectivity index (χ4v) is 4.24. The van der Waals surface area contributed by atoms with Crippen molar-refractivity contribution in [3.63, 3.8) is 0 Å². The van der Waals surface area contributed by atoms with Gasteiger partial charge in [-0.1, -0.05) is 30.3 Å². The number of nitrogens with zero attached hydrogens (tertiary/aromatic N) is 5. The standard InChI is InChI=1S/C26H19F5N8O2/c27-15-10-18-20(35-11-15)17(9-13-3-1-2-4-16(13)28)38-39(18)25-36-22(32)19(23(33)37-25)21(41-24(34)40)12-5-7-14(8-6-12)26(29,30)31/h1-8,10-11,21H,9H2,(H2,34,40)(H4,32,33,36,37). The highest BCUT2D eigenvalue weighted by Crippen LogP contribution is 2.36. The van der Waals surface area contributed by atoms with Gasteiger partial charge in [0.1, 0.15) is 28.8 Å². The second kappa shape index (κ2) is 10.3. The van der Waals surface area contributed by atoms with Gasteiger partial charge < -0.3 is 21.9 Å². The molecule has 0 fully saturated rings. The Balaban J connectivity index is 1.60. The summed E-state index contributed by atoms with van der Waals surface area (Å²) in [7, 11) is 0. The number of ether oxygens (including phenoxy) is 1. The summed E-state index contributed by atoms with van der Waals surface area (Å²) in [5.74, 6) is -2.07. The van der Waals surface area contributed by atoms with E-state index in [0.29, 0.717) is 5.56 Å². The molecular weight excluding hydrogens is 551 g/mol. The van der Waals surface area contributed by atoms with E-state index in [-0.39, 0.29) is 51.9 Å². The average Bonchev–Trinajstić information content (AvgIpc) is 3.25. The van der Waals surface area contributed by atoms with Crippen LogP contribution in [0.5, 0.6) is 0 Å². The summed E-state index contributed by atoms with van der Waals surface area (Å²) in [6.45, 7) is 0. The highest BCUT2D eigenvalue weighted by atomic mass is 19.4. The average molecular weight is 570 g/mol. The molecule has 15 heteroatoms. The summed E-state index contributed by atoms with van der Waals surface area (Å²) < 4.78 is 73.9. The Labute approximate surface area is 227 Å². The van der Waals surface area contributed by atoms with Gasteiger partial charge in [-0.2, -0.15) is 32.9 Å². The molecule has 3 heterocycles. The van der Waals surface area contributed by atoms with E-state index in [1.54, 1.807) is 12.1 Å². The van der Waals surface area contributed by atoms with E-state index in [0.717, 1.165) is 41.2 Å². The minimum absolute atomic E-state index is 0.000298. The Hall–Kier alpha value is -5.34. The lowest BCUT2D eigenvalue weighted by Gasteiger charge is -2.21. The quantitative estimate of drug-likeness (QED) is 0.253. The molecule has 3 aromatic heterocycles. The van der Waals surface area contributed by atoms with Gasteiger partial charge in [0, 0.05) is 12.5 Å². The number of benzene rings is 2. The number of nitrogens with two attached hydrogens (primary N) is 3. The van der Waals surface area contributed by atoms with Crippen LogP contribution in [0.3, 0.4) is 0 Å². The largest absolute Gasteiger partial charge is 0.436 e. The third-order valence-corrected chi connectivity index (χ3v) is 6.09. The van der Waals surface area contributed by atoms with E-state index in [2.05, 4.69) is 20.1 Å². The molecule has 0 aliphatic heterocycles. The fourth-order valence-electron chi connectivity index (χ4n) is 4.24. The number of primary amides is 1. The van der Waals surface area contributed by atoms with Crippen molar-refractivity contribution in [3.8, 4) is 5.95 Å². The van der Waals surface area contributed by atoms with Crippen molar-refractivity contribution in [2.75, 3.05) is 11.5 Å². The Kier molecular flexibility index (Phi) is 6.86. The number of halogens is 5. The van der Waals surface area contributed by atoms with Crippen LogP contribution in [0.2, 0.25) is 0 Å². The van der Waals surface area contributed by atoms with Crippen LogP contribution in [-0.4, -0.2) is 30.8 Å². The fraction of sp³-hybridized carbons (Fsp3) is 0.115. The molecular formula is C26H19F5N8O2. The summed E-state index contributed by atoms with van der Waals surface area (Å²) in [5.41, 5.74) is 17.4. The zero-order chi connectivity index (χ0) is 29.5. The first-order valence-corrected chi connectivity index (χ1v) is 11.8. The van der Waals surface area contributed by atoms with Crippen molar-refractivity contribution in [1.82, 2.24) is 24.7 Å². The predicted octanol–water partition coefficient (Wildman–Crippen LogP) is 4.45. The number of hydrogen-bond acceptors (Lipinski definition) is 8. The molecule has 5 rings (SSSR count). The summed E-state index contributed by atoms with van der Waals surface area (Å²) in [5, 5.41) is 4.41. The highest BCUT2D eigenvalue weighted by Gasteiger charge is 2.32. The van der Waals surface area contributed by atoms with E-state index in [1.807, 2.05) is 0 Å². The van der Waals surface area contributed by atoms with Crippen LogP contribution in [0.1, 0.15) is 34.1 Å². The van der Waals surface area contributed by atoms with E-state index in [9.17, 15) is 26.7 Å². The minimum Gasteiger partial charge on any atom is -0.436 e. The van der Waals surface area contributed by atoms with E-state index in [1.165, 1.54) is 12.1 Å². The molecule has 0 radical (unpaired) electrons. The monoisotopic (exact) mass is 570 g/mol. The summed E-state index contributed by atoms with van der Waals surface area (Å²) >= 11 is 0. The third kappa shape index (κ3) is 5.41. The van der Waals surface area contributed by atoms with Gasteiger partial charge in [0.15, 0.2) is 6.10 Å². The van der Waals surface area contributed by atoms with Crippen molar-refractivity contribution in [2.24, 2.45) is 5.73 Å². The summed E-state index contributed by atoms with van der Waals surface area (Å²) in [6, 6.07) is 10.8. The normalized spacial score (nSPS) is 12.4. The zero-order valence-corrected chi connectivity index (χ0v) is 20.7. The molecule has 10 nitrogen and oxygen atoms in total. The van der Waals surface area contributed by atoms with Gasteiger partial charge in [0.05, 0.1) is 28.5 Å². The van der Waals surface area contributed by atoms with E-state index in [4.69, 9.17) is 21.9 Å². The number of pyridine rings is 1. The molecule has 5 aromatic rings. The number of hydrogen-bond donors (Lipinski definition) is 3. The van der Waals surface area contributed by atoms with Gasteiger partial charge in [-0.15, -0.1) is 0 Å². The van der Waals surface area contributed by atoms with Gasteiger partial charge in [-0.25, -0.2) is 18.6 Å². The number of amides is 1. The molecule has 1 atom stereocenters. The molecule has 0 saturated heterocycles. The van der Waals surface area contributed by atoms with Crippen molar-refractivity contribution >= 4 is 28.8 Å². The van der Waals surface area contributed by atoms with Crippen LogP contribution in [0.4, 0.5) is 38.4 Å². The lowest BCUT2D eigenvalue weighted by atomic mass is 10.0. The Morgan fingerprint density at radius 2 is 1.66 bits per heavy atom. The van der Waals surface area contributed by atoms with Gasteiger partial charge in [0.25, 0.3) is 5.95 Å². The number of anilines is 2. The van der Waals surface area contributed by atoms with Crippen LogP contribution in [0.15, 0.2) is 60.8 Å². The van der Waals surface area contributed by atoms with Crippen molar-refractivity contribution < 1.29 is 31.5 Å². The molecule has 1 amide bonds. The highest BCUT2D eigenvalue weighted by molar-refractivity contribution is 5.79. The second-order valence-electron chi connectivity index (χ2n) is 8.79. The maximum absolute atomic E-state index is 14.3. The number of rotatable bonds is 6. The number of fused-ring (bicyclic) bond motifs is 1. The number of aromatic nitrogens is 5. The zero-order valence-electron chi connectivity index (χ0n) is 20.7. The predicted molar refractivity (Wildman–Crippen MR) is 136 cm³/mol. The number of carbonyl (C=O) groups is 1. The van der Waals surface area contributed by atoms with Crippen LogP contribution < -0.4 is 17.2 Å². The molecule has 0 aliphatic carbocycles. The Morgan fingerprint density at radius 1 is 1.00 bits per heavy atom. The number of nitrogen functional groups attached to an aromatic ring is 2. The molecule has 210 valence electrons. The maximum atomic E-state index is 14.3. The van der Waals surface area contributed by atoms with Crippen molar-refractivity contribution in [1.29, 1.82) is 0 Å². The molecule has 6 N–H and O–H groups in total. The number of alkyl halides is 3. The molecule has 0 saturated carbocycles. The summed E-state index contributed by atoms with van der Waals surface area (Å²) in [4.78, 5) is 24.1. The first kappa shape index (κ1) is 27.2. The van der Waals surface area contributed by atoms with Crippen LogP contribution >= 0.6 is 0 Å². The molecule has 0 spiro atoms. The first-order chi connectivity index (χ1) is 19.4. The van der Waals surface area contributed by atoms with Gasteiger partial charge >= 0.3 is 12.3 Å². The van der Waals surface area contributed by atoms with E-state index < -0.39 is 35.6 Å². The Bertz CT molecular complexity index is 1750. The Morgan fingerprint density at radius 3 is 2.27 bits per heavy atom. The van der Waals surface area contributed by atoms with Gasteiger partial charge in [-0.3, -0.25) is 0 Å². The van der Waals surface area contributed by atoms with Gasteiger partial charge in [-0.05, 0) is 29.3 Å².